The molecular formula is C15H22N6O2S. The van der Waals surface area contributed by atoms with E-state index < -0.39 is 10.2 Å². The zero-order valence-electron chi connectivity index (χ0n) is 14.1. The summed E-state index contributed by atoms with van der Waals surface area (Å²) in [5.41, 5.74) is 1.61. The van der Waals surface area contributed by atoms with E-state index in [-0.39, 0.29) is 5.92 Å². The van der Waals surface area contributed by atoms with Crippen molar-refractivity contribution in [3.05, 3.63) is 30.5 Å². The average molecular weight is 350 g/mol. The maximum absolute atomic E-state index is 12.2. The minimum atomic E-state index is -3.32. The molecule has 1 aliphatic heterocycles. The lowest BCUT2D eigenvalue weighted by molar-refractivity contribution is 0.409. The van der Waals surface area contributed by atoms with Gasteiger partial charge in [0, 0.05) is 52.8 Å². The van der Waals surface area contributed by atoms with Crippen LogP contribution < -0.4 is 0 Å². The Morgan fingerprint density at radius 2 is 2.04 bits per heavy atom. The second-order valence-corrected chi connectivity index (χ2v) is 8.40. The van der Waals surface area contributed by atoms with Gasteiger partial charge in [-0.05, 0) is 18.8 Å². The van der Waals surface area contributed by atoms with Crippen molar-refractivity contribution in [2.75, 3.05) is 27.2 Å². The molecule has 0 unspecified atom stereocenters. The molecule has 0 N–H and O–H groups in total. The quantitative estimate of drug-likeness (QED) is 0.786. The fourth-order valence-corrected chi connectivity index (χ4v) is 4.09. The van der Waals surface area contributed by atoms with Crippen LogP contribution in [-0.2, 0) is 23.7 Å². The third-order valence-electron chi connectivity index (χ3n) is 4.29. The molecule has 3 rings (SSSR count). The number of aromatic nitrogens is 4. The highest BCUT2D eigenvalue weighted by Gasteiger charge is 2.32. The normalized spacial score (nSPS) is 19.2. The molecular weight excluding hydrogens is 328 g/mol. The molecule has 0 amide bonds. The zero-order valence-corrected chi connectivity index (χ0v) is 14.9. The van der Waals surface area contributed by atoms with Crippen molar-refractivity contribution in [3.8, 4) is 11.5 Å². The summed E-state index contributed by atoms with van der Waals surface area (Å²) >= 11 is 0. The summed E-state index contributed by atoms with van der Waals surface area (Å²) in [5, 5.41) is 0. The largest absolute Gasteiger partial charge is 0.333 e. The van der Waals surface area contributed by atoms with Crippen LogP contribution in [0.3, 0.4) is 0 Å². The number of hydrogen-bond acceptors (Lipinski definition) is 5. The van der Waals surface area contributed by atoms with Crippen LogP contribution in [0.4, 0.5) is 0 Å². The molecule has 2 aromatic rings. The van der Waals surface area contributed by atoms with Gasteiger partial charge in [0.05, 0.1) is 11.9 Å². The van der Waals surface area contributed by atoms with Gasteiger partial charge in [-0.1, -0.05) is 0 Å². The molecule has 0 aliphatic carbocycles. The number of aryl methyl sites for hydroxylation is 1. The van der Waals surface area contributed by atoms with Crippen molar-refractivity contribution >= 4 is 10.2 Å². The minimum absolute atomic E-state index is 0.271. The Morgan fingerprint density at radius 3 is 2.62 bits per heavy atom. The SMILES string of the molecule is CN(C)S(=O)(=O)N1CC[C@@H](Cc2cnc(-c3nccn3C)cn2)C1. The first-order valence-electron chi connectivity index (χ1n) is 7.84. The molecule has 0 spiro atoms. The van der Waals surface area contributed by atoms with Gasteiger partial charge in [-0.3, -0.25) is 4.98 Å². The van der Waals surface area contributed by atoms with Crippen molar-refractivity contribution in [1.29, 1.82) is 0 Å². The fraction of sp³-hybridized carbons (Fsp3) is 0.533. The Labute approximate surface area is 142 Å². The van der Waals surface area contributed by atoms with Gasteiger partial charge in [-0.2, -0.15) is 17.0 Å². The highest BCUT2D eigenvalue weighted by molar-refractivity contribution is 7.86. The van der Waals surface area contributed by atoms with E-state index in [1.807, 2.05) is 17.8 Å². The third-order valence-corrected chi connectivity index (χ3v) is 6.20. The Morgan fingerprint density at radius 1 is 1.25 bits per heavy atom. The van der Waals surface area contributed by atoms with Gasteiger partial charge in [0.1, 0.15) is 5.69 Å². The lowest BCUT2D eigenvalue weighted by Gasteiger charge is -2.20. The topological polar surface area (TPSA) is 84.2 Å². The van der Waals surface area contributed by atoms with E-state index in [0.717, 1.165) is 30.1 Å². The van der Waals surface area contributed by atoms with Crippen LogP contribution in [0.2, 0.25) is 0 Å². The van der Waals surface area contributed by atoms with E-state index in [0.29, 0.717) is 13.1 Å². The van der Waals surface area contributed by atoms with E-state index in [2.05, 4.69) is 15.0 Å². The minimum Gasteiger partial charge on any atom is -0.333 e. The monoisotopic (exact) mass is 350 g/mol. The van der Waals surface area contributed by atoms with E-state index in [4.69, 9.17) is 0 Å². The molecule has 0 bridgehead atoms. The van der Waals surface area contributed by atoms with Gasteiger partial charge in [-0.15, -0.1) is 0 Å². The van der Waals surface area contributed by atoms with Crippen LogP contribution in [0.15, 0.2) is 24.8 Å². The molecule has 1 aliphatic rings. The molecule has 9 heteroatoms. The first kappa shape index (κ1) is 17.0. The summed E-state index contributed by atoms with van der Waals surface area (Å²) in [4.78, 5) is 13.2. The third kappa shape index (κ3) is 3.33. The molecule has 3 heterocycles. The molecule has 0 radical (unpaired) electrons. The van der Waals surface area contributed by atoms with E-state index in [1.54, 1.807) is 32.7 Å². The summed E-state index contributed by atoms with van der Waals surface area (Å²) in [6.07, 6.45) is 8.64. The van der Waals surface area contributed by atoms with Crippen molar-refractivity contribution in [1.82, 2.24) is 28.1 Å². The van der Waals surface area contributed by atoms with Crippen LogP contribution in [0.25, 0.3) is 11.5 Å². The average Bonchev–Trinajstić information content (AvgIpc) is 3.17. The van der Waals surface area contributed by atoms with Gasteiger partial charge in [0.25, 0.3) is 10.2 Å². The molecule has 24 heavy (non-hydrogen) atoms. The molecule has 1 fully saturated rings. The van der Waals surface area contributed by atoms with Crippen LogP contribution in [-0.4, -0.2) is 63.7 Å². The Bertz CT molecular complexity index is 800. The number of rotatable bonds is 5. The smallest absolute Gasteiger partial charge is 0.281 e. The number of nitrogens with zero attached hydrogens (tertiary/aromatic N) is 6. The van der Waals surface area contributed by atoms with Crippen LogP contribution in [0, 0.1) is 5.92 Å². The van der Waals surface area contributed by atoms with Gasteiger partial charge in [0.2, 0.25) is 0 Å². The summed E-state index contributed by atoms with van der Waals surface area (Å²) in [5.74, 6) is 1.05. The van der Waals surface area contributed by atoms with E-state index in [1.165, 1.54) is 8.61 Å². The maximum Gasteiger partial charge on any atom is 0.281 e. The zero-order chi connectivity index (χ0) is 17.3. The second kappa shape index (κ2) is 6.58. The lowest BCUT2D eigenvalue weighted by Crippen LogP contribution is -2.38. The van der Waals surface area contributed by atoms with Crippen molar-refractivity contribution < 1.29 is 8.42 Å². The van der Waals surface area contributed by atoms with Crippen molar-refractivity contribution in [2.45, 2.75) is 12.8 Å². The summed E-state index contributed by atoms with van der Waals surface area (Å²) in [7, 11) is 1.71. The van der Waals surface area contributed by atoms with E-state index in [9.17, 15) is 8.42 Å². The number of imidazole rings is 1. The molecule has 0 saturated carbocycles. The summed E-state index contributed by atoms with van der Waals surface area (Å²) in [6.45, 7) is 1.09. The highest BCUT2D eigenvalue weighted by atomic mass is 32.2. The van der Waals surface area contributed by atoms with Crippen molar-refractivity contribution in [3.63, 3.8) is 0 Å². The standard InChI is InChI=1S/C15H22N6O2S/c1-19(2)24(22,23)21-6-4-12(11-21)8-13-9-18-14(10-17-13)15-16-5-7-20(15)3/h5,7,9-10,12H,4,6,8,11H2,1-3H3/t12-/m0/s1. The van der Waals surface area contributed by atoms with Gasteiger partial charge < -0.3 is 4.57 Å². The van der Waals surface area contributed by atoms with Crippen molar-refractivity contribution in [2.24, 2.45) is 13.0 Å². The fourth-order valence-electron chi connectivity index (χ4n) is 2.89. The Kier molecular flexibility index (Phi) is 4.66. The first-order valence-corrected chi connectivity index (χ1v) is 9.24. The Balaban J connectivity index is 1.65. The lowest BCUT2D eigenvalue weighted by atomic mass is 10.0. The first-order chi connectivity index (χ1) is 11.4. The maximum atomic E-state index is 12.2. The molecule has 2 aromatic heterocycles. The molecule has 8 nitrogen and oxygen atoms in total. The van der Waals surface area contributed by atoms with Gasteiger partial charge >= 0.3 is 0 Å². The van der Waals surface area contributed by atoms with Gasteiger partial charge in [0.15, 0.2) is 5.82 Å². The van der Waals surface area contributed by atoms with Crippen LogP contribution >= 0.6 is 0 Å². The van der Waals surface area contributed by atoms with E-state index >= 15 is 0 Å². The van der Waals surface area contributed by atoms with Crippen LogP contribution in [0.1, 0.15) is 12.1 Å². The molecule has 1 saturated heterocycles. The summed E-state index contributed by atoms with van der Waals surface area (Å²) < 4.78 is 29.0. The van der Waals surface area contributed by atoms with Crippen LogP contribution in [0.5, 0.6) is 0 Å². The second-order valence-electron chi connectivity index (χ2n) is 6.26. The molecule has 1 atom stereocenters. The number of hydrogen-bond donors (Lipinski definition) is 0. The predicted molar refractivity (Wildman–Crippen MR) is 90.2 cm³/mol. The Hall–Kier alpha value is -1.84. The molecule has 0 aromatic carbocycles. The van der Waals surface area contributed by atoms with Gasteiger partial charge in [-0.25, -0.2) is 9.97 Å². The predicted octanol–water partition coefficient (Wildman–Crippen LogP) is 0.548. The molecule has 130 valence electrons. The summed E-state index contributed by atoms with van der Waals surface area (Å²) in [6, 6.07) is 0. The highest BCUT2D eigenvalue weighted by Crippen LogP contribution is 2.23.